The van der Waals surface area contributed by atoms with Crippen molar-refractivity contribution in [2.75, 3.05) is 0 Å². The van der Waals surface area contributed by atoms with E-state index in [0.717, 1.165) is 16.7 Å². The minimum Gasteiger partial charge on any atom is -0.508 e. The van der Waals surface area contributed by atoms with Crippen LogP contribution >= 0.6 is 0 Å². The molecule has 3 nitrogen and oxygen atoms in total. The maximum absolute atomic E-state index is 10.1. The summed E-state index contributed by atoms with van der Waals surface area (Å²) in [5, 5.41) is 19.7. The molecule has 0 amide bonds. The van der Waals surface area contributed by atoms with Gasteiger partial charge in [0.05, 0.1) is 6.26 Å². The van der Waals surface area contributed by atoms with Crippen molar-refractivity contribution in [3.63, 3.8) is 0 Å². The van der Waals surface area contributed by atoms with E-state index in [1.165, 1.54) is 0 Å². The molecule has 0 saturated heterocycles. The maximum Gasteiger partial charge on any atom is 0.132 e. The molecule has 0 spiro atoms. The Morgan fingerprint density at radius 3 is 2.38 bits per heavy atom. The van der Waals surface area contributed by atoms with Gasteiger partial charge in [-0.05, 0) is 41.0 Å². The summed E-state index contributed by atoms with van der Waals surface area (Å²) in [4.78, 5) is 0. The maximum atomic E-state index is 10.1. The van der Waals surface area contributed by atoms with Gasteiger partial charge in [-0.2, -0.15) is 0 Å². The van der Waals surface area contributed by atoms with Crippen LogP contribution in [0.4, 0.5) is 0 Å². The first-order valence-electron chi connectivity index (χ1n) is 6.82. The van der Waals surface area contributed by atoms with Crippen LogP contribution in [0.25, 0.3) is 11.1 Å². The number of aliphatic hydroxyl groups excluding tert-OH is 1. The van der Waals surface area contributed by atoms with Crippen LogP contribution in [0.5, 0.6) is 5.75 Å². The molecule has 2 aromatic carbocycles. The lowest BCUT2D eigenvalue weighted by molar-refractivity contribution is 0.150. The van der Waals surface area contributed by atoms with E-state index in [4.69, 9.17) is 4.42 Å². The first kappa shape index (κ1) is 13.5. The molecule has 0 bridgehead atoms. The van der Waals surface area contributed by atoms with Gasteiger partial charge in [-0.25, -0.2) is 0 Å². The van der Waals surface area contributed by atoms with Gasteiger partial charge in [0.2, 0.25) is 0 Å². The average molecular weight is 280 g/mol. The second kappa shape index (κ2) is 5.85. The quantitative estimate of drug-likeness (QED) is 0.761. The highest BCUT2D eigenvalue weighted by atomic mass is 16.4. The summed E-state index contributed by atoms with van der Waals surface area (Å²) in [6.07, 6.45) is 1.39. The van der Waals surface area contributed by atoms with Crippen LogP contribution in [0.2, 0.25) is 0 Å². The van der Waals surface area contributed by atoms with Crippen molar-refractivity contribution in [3.8, 4) is 16.9 Å². The van der Waals surface area contributed by atoms with Crippen molar-refractivity contribution in [2.24, 2.45) is 0 Å². The first-order chi connectivity index (χ1) is 10.2. The minimum absolute atomic E-state index is 0.244. The van der Waals surface area contributed by atoms with Crippen molar-refractivity contribution in [3.05, 3.63) is 78.3 Å². The van der Waals surface area contributed by atoms with Gasteiger partial charge in [0.1, 0.15) is 17.6 Å². The Kier molecular flexibility index (Phi) is 3.75. The molecule has 3 heteroatoms. The number of aromatic hydroxyl groups is 1. The zero-order valence-electron chi connectivity index (χ0n) is 11.4. The molecule has 3 aromatic rings. The zero-order chi connectivity index (χ0) is 14.7. The largest absolute Gasteiger partial charge is 0.508 e. The summed E-state index contributed by atoms with van der Waals surface area (Å²) in [5.74, 6) is 0.811. The molecule has 1 unspecified atom stereocenters. The highest BCUT2D eigenvalue weighted by Crippen LogP contribution is 2.26. The highest BCUT2D eigenvalue weighted by molar-refractivity contribution is 5.65. The third kappa shape index (κ3) is 3.15. The number of furan rings is 1. The summed E-state index contributed by atoms with van der Waals surface area (Å²) in [7, 11) is 0. The van der Waals surface area contributed by atoms with Crippen molar-refractivity contribution in [1.29, 1.82) is 0 Å². The third-order valence-electron chi connectivity index (χ3n) is 3.41. The number of benzene rings is 2. The smallest absolute Gasteiger partial charge is 0.132 e. The monoisotopic (exact) mass is 280 g/mol. The van der Waals surface area contributed by atoms with Crippen LogP contribution in [0.15, 0.2) is 71.3 Å². The predicted octanol–water partition coefficient (Wildman–Crippen LogP) is 3.93. The van der Waals surface area contributed by atoms with E-state index in [9.17, 15) is 10.2 Å². The lowest BCUT2D eigenvalue weighted by atomic mass is 9.99. The molecule has 21 heavy (non-hydrogen) atoms. The van der Waals surface area contributed by atoms with Crippen molar-refractivity contribution < 1.29 is 14.6 Å². The fourth-order valence-electron chi connectivity index (χ4n) is 2.37. The number of rotatable bonds is 4. The van der Waals surface area contributed by atoms with E-state index in [1.54, 1.807) is 30.5 Å². The number of aliphatic hydroxyl groups is 1. The summed E-state index contributed by atoms with van der Waals surface area (Å²) in [6, 6.07) is 18.6. The Morgan fingerprint density at radius 1 is 0.905 bits per heavy atom. The topological polar surface area (TPSA) is 53.6 Å². The second-order valence-corrected chi connectivity index (χ2v) is 4.99. The number of phenolic OH excluding ortho intramolecular Hbond substituents is 1. The molecule has 0 saturated carbocycles. The number of hydrogen-bond acceptors (Lipinski definition) is 3. The van der Waals surface area contributed by atoms with Crippen LogP contribution in [-0.4, -0.2) is 10.2 Å². The van der Waals surface area contributed by atoms with Gasteiger partial charge in [-0.1, -0.05) is 36.4 Å². The van der Waals surface area contributed by atoms with Crippen molar-refractivity contribution in [2.45, 2.75) is 12.5 Å². The SMILES string of the molecule is Oc1cccc(-c2cccc(CC(O)c3ccco3)c2)c1. The van der Waals surface area contributed by atoms with Gasteiger partial charge in [-0.3, -0.25) is 0 Å². The first-order valence-corrected chi connectivity index (χ1v) is 6.82. The van der Waals surface area contributed by atoms with Gasteiger partial charge < -0.3 is 14.6 Å². The number of phenols is 1. The Balaban J connectivity index is 1.83. The molecule has 3 rings (SSSR count). The summed E-state index contributed by atoms with van der Waals surface area (Å²) in [6.45, 7) is 0. The van der Waals surface area contributed by atoms with E-state index in [-0.39, 0.29) is 5.75 Å². The van der Waals surface area contributed by atoms with Gasteiger partial charge in [0.25, 0.3) is 0 Å². The fraction of sp³-hybridized carbons (Fsp3) is 0.111. The molecule has 0 radical (unpaired) electrons. The zero-order valence-corrected chi connectivity index (χ0v) is 11.4. The molecule has 0 aliphatic heterocycles. The van der Waals surface area contributed by atoms with E-state index in [0.29, 0.717) is 12.2 Å². The van der Waals surface area contributed by atoms with Gasteiger partial charge in [0.15, 0.2) is 0 Å². The Bertz CT molecular complexity index is 717. The van der Waals surface area contributed by atoms with Crippen LogP contribution in [0.1, 0.15) is 17.4 Å². The second-order valence-electron chi connectivity index (χ2n) is 4.99. The molecule has 1 heterocycles. The lowest BCUT2D eigenvalue weighted by Crippen LogP contribution is -2.00. The molecule has 106 valence electrons. The van der Waals surface area contributed by atoms with E-state index >= 15 is 0 Å². The normalized spacial score (nSPS) is 12.2. The van der Waals surface area contributed by atoms with Gasteiger partial charge in [0, 0.05) is 6.42 Å². The van der Waals surface area contributed by atoms with Crippen LogP contribution < -0.4 is 0 Å². The summed E-state index contributed by atoms with van der Waals surface area (Å²) in [5.41, 5.74) is 2.97. The van der Waals surface area contributed by atoms with Crippen LogP contribution in [0, 0.1) is 0 Å². The minimum atomic E-state index is -0.653. The van der Waals surface area contributed by atoms with E-state index in [2.05, 4.69) is 0 Å². The standard InChI is InChI=1S/C18H16O3/c19-16-7-2-6-15(12-16)14-5-1-4-13(10-14)11-17(20)18-8-3-9-21-18/h1-10,12,17,19-20H,11H2. The van der Waals surface area contributed by atoms with Crippen molar-refractivity contribution in [1.82, 2.24) is 0 Å². The molecule has 1 aromatic heterocycles. The van der Waals surface area contributed by atoms with Gasteiger partial charge in [-0.15, -0.1) is 0 Å². The van der Waals surface area contributed by atoms with Crippen LogP contribution in [0.3, 0.4) is 0 Å². The van der Waals surface area contributed by atoms with Crippen LogP contribution in [-0.2, 0) is 6.42 Å². The number of hydrogen-bond donors (Lipinski definition) is 2. The van der Waals surface area contributed by atoms with E-state index < -0.39 is 6.10 Å². The van der Waals surface area contributed by atoms with Gasteiger partial charge >= 0.3 is 0 Å². The molecular formula is C18H16O3. The summed E-state index contributed by atoms with van der Waals surface area (Å²) < 4.78 is 5.22. The average Bonchev–Trinajstić information content (AvgIpc) is 3.02. The Hall–Kier alpha value is -2.52. The van der Waals surface area contributed by atoms with E-state index in [1.807, 2.05) is 36.4 Å². The molecule has 0 fully saturated rings. The molecule has 2 N–H and O–H groups in total. The highest BCUT2D eigenvalue weighted by Gasteiger charge is 2.11. The Labute approximate surface area is 123 Å². The van der Waals surface area contributed by atoms with Crippen molar-refractivity contribution >= 4 is 0 Å². The third-order valence-corrected chi connectivity index (χ3v) is 3.41. The lowest BCUT2D eigenvalue weighted by Gasteiger charge is -2.10. The Morgan fingerprint density at radius 2 is 1.67 bits per heavy atom. The summed E-state index contributed by atoms with van der Waals surface area (Å²) >= 11 is 0. The predicted molar refractivity (Wildman–Crippen MR) is 80.9 cm³/mol. The fourth-order valence-corrected chi connectivity index (χ4v) is 2.37. The molecule has 0 aliphatic carbocycles. The molecule has 0 aliphatic rings. The molecule has 1 atom stereocenters. The molecular weight excluding hydrogens is 264 g/mol.